The maximum Gasteiger partial charge on any atom is 0.308 e. The Balaban J connectivity index is 1.76. The molecule has 0 aromatic heterocycles. The highest BCUT2D eigenvalue weighted by atomic mass is 16.6. The molecule has 2 aromatic carbocycles. The van der Waals surface area contributed by atoms with Crippen LogP contribution in [0.15, 0.2) is 64.8 Å². The zero-order chi connectivity index (χ0) is 17.2. The van der Waals surface area contributed by atoms with Gasteiger partial charge in [-0.1, -0.05) is 32.0 Å². The van der Waals surface area contributed by atoms with Crippen molar-refractivity contribution in [3.63, 3.8) is 0 Å². The molecule has 24 heavy (non-hydrogen) atoms. The van der Waals surface area contributed by atoms with Crippen LogP contribution < -0.4 is 4.74 Å². The lowest BCUT2D eigenvalue weighted by molar-refractivity contribution is -0.148. The van der Waals surface area contributed by atoms with E-state index in [1.54, 1.807) is 0 Å². The number of ether oxygens (including phenoxy) is 2. The molecule has 0 saturated heterocycles. The van der Waals surface area contributed by atoms with E-state index < -0.39 is 0 Å². The predicted molar refractivity (Wildman–Crippen MR) is 93.0 cm³/mol. The Morgan fingerprint density at radius 1 is 0.958 bits per heavy atom. The van der Waals surface area contributed by atoms with Gasteiger partial charge in [0.2, 0.25) is 0 Å². The van der Waals surface area contributed by atoms with E-state index >= 15 is 0 Å². The molecule has 0 aliphatic carbocycles. The lowest BCUT2D eigenvalue weighted by atomic mass is 10.1. The van der Waals surface area contributed by atoms with Crippen molar-refractivity contribution in [1.82, 2.24) is 0 Å². The molecular weight excluding hydrogens is 304 g/mol. The first-order valence-electron chi connectivity index (χ1n) is 8.05. The maximum absolute atomic E-state index is 11.5. The summed E-state index contributed by atoms with van der Waals surface area (Å²) in [6, 6.07) is 16.8. The molecule has 5 heteroatoms. The molecule has 5 nitrogen and oxygen atoms in total. The van der Waals surface area contributed by atoms with Crippen molar-refractivity contribution in [2.24, 2.45) is 16.1 Å². The van der Waals surface area contributed by atoms with Crippen molar-refractivity contribution < 1.29 is 14.3 Å². The van der Waals surface area contributed by atoms with Crippen molar-refractivity contribution in [2.45, 2.75) is 20.3 Å². The van der Waals surface area contributed by atoms with Crippen molar-refractivity contribution >= 4 is 17.3 Å². The monoisotopic (exact) mass is 326 g/mol. The summed E-state index contributed by atoms with van der Waals surface area (Å²) in [6.45, 7) is 4.39. The van der Waals surface area contributed by atoms with E-state index in [0.717, 1.165) is 17.8 Å². The summed E-state index contributed by atoms with van der Waals surface area (Å²) >= 11 is 0. The highest BCUT2D eigenvalue weighted by Gasteiger charge is 2.11. The SMILES string of the molecule is CCC(C)C(=O)OCCOc1ccc(N=Nc2ccccc2)cc1. The highest BCUT2D eigenvalue weighted by Crippen LogP contribution is 2.21. The molecule has 2 aromatic rings. The Kier molecular flexibility index (Phi) is 6.95. The molecule has 0 aliphatic rings. The molecule has 126 valence electrons. The fourth-order valence-corrected chi connectivity index (χ4v) is 1.83. The first-order chi connectivity index (χ1) is 11.7. The van der Waals surface area contributed by atoms with E-state index in [-0.39, 0.29) is 18.5 Å². The molecule has 0 radical (unpaired) electrons. The fraction of sp³-hybridized carbons (Fsp3) is 0.316. The van der Waals surface area contributed by atoms with Crippen LogP contribution in [0.2, 0.25) is 0 Å². The van der Waals surface area contributed by atoms with Gasteiger partial charge < -0.3 is 9.47 Å². The molecule has 0 aliphatic heterocycles. The minimum atomic E-state index is -0.183. The topological polar surface area (TPSA) is 60.2 Å². The first-order valence-corrected chi connectivity index (χ1v) is 8.05. The Labute approximate surface area is 142 Å². The van der Waals surface area contributed by atoms with Crippen molar-refractivity contribution in [3.05, 3.63) is 54.6 Å². The number of rotatable bonds is 8. The number of azo groups is 1. The molecule has 0 bridgehead atoms. The zero-order valence-corrected chi connectivity index (χ0v) is 14.0. The minimum Gasteiger partial charge on any atom is -0.490 e. The van der Waals surface area contributed by atoms with Crippen LogP contribution in [0.5, 0.6) is 5.75 Å². The second kappa shape index (κ2) is 9.45. The summed E-state index contributed by atoms with van der Waals surface area (Å²) in [4.78, 5) is 11.5. The van der Waals surface area contributed by atoms with E-state index in [4.69, 9.17) is 9.47 Å². The van der Waals surface area contributed by atoms with Gasteiger partial charge in [0.1, 0.15) is 19.0 Å². The Morgan fingerprint density at radius 3 is 2.21 bits per heavy atom. The molecule has 1 unspecified atom stereocenters. The lowest BCUT2D eigenvalue weighted by Crippen LogP contribution is -2.17. The number of hydrogen-bond acceptors (Lipinski definition) is 5. The molecule has 1 atom stereocenters. The number of carbonyl (C=O) groups is 1. The molecule has 2 rings (SSSR count). The average Bonchev–Trinajstić information content (AvgIpc) is 2.64. The third kappa shape index (κ3) is 5.83. The maximum atomic E-state index is 11.5. The second-order valence-corrected chi connectivity index (χ2v) is 5.35. The van der Waals surface area contributed by atoms with Gasteiger partial charge in [0.15, 0.2) is 0 Å². The van der Waals surface area contributed by atoms with Crippen LogP contribution >= 0.6 is 0 Å². The summed E-state index contributed by atoms with van der Waals surface area (Å²) in [5.74, 6) is 0.449. The standard InChI is InChI=1S/C19H22N2O3/c1-3-15(2)19(22)24-14-13-23-18-11-9-17(10-12-18)21-20-16-7-5-4-6-8-16/h4-12,15H,3,13-14H2,1-2H3. The smallest absolute Gasteiger partial charge is 0.308 e. The van der Waals surface area contributed by atoms with Crippen LogP contribution in [0.1, 0.15) is 20.3 Å². The Bertz CT molecular complexity index is 654. The van der Waals surface area contributed by atoms with Crippen LogP contribution in [0.25, 0.3) is 0 Å². The number of carbonyl (C=O) groups excluding carboxylic acids is 1. The molecule has 0 N–H and O–H groups in total. The summed E-state index contributed by atoms with van der Waals surface area (Å²) in [6.07, 6.45) is 0.776. The van der Waals surface area contributed by atoms with Crippen LogP contribution in [0.4, 0.5) is 11.4 Å². The summed E-state index contributed by atoms with van der Waals surface area (Å²) in [5, 5.41) is 8.32. The van der Waals surface area contributed by atoms with E-state index in [2.05, 4.69) is 10.2 Å². The molecule has 0 spiro atoms. The van der Waals surface area contributed by atoms with Crippen molar-refractivity contribution in [1.29, 1.82) is 0 Å². The second-order valence-electron chi connectivity index (χ2n) is 5.35. The van der Waals surface area contributed by atoms with E-state index in [1.807, 2.05) is 68.4 Å². The normalized spacial score (nSPS) is 12.1. The molecule has 0 fully saturated rings. The molecule has 0 heterocycles. The van der Waals surface area contributed by atoms with Gasteiger partial charge in [0.05, 0.1) is 17.3 Å². The van der Waals surface area contributed by atoms with Crippen LogP contribution in [-0.2, 0) is 9.53 Å². The van der Waals surface area contributed by atoms with Crippen LogP contribution in [0.3, 0.4) is 0 Å². The van der Waals surface area contributed by atoms with Gasteiger partial charge in [-0.3, -0.25) is 4.79 Å². The number of hydrogen-bond donors (Lipinski definition) is 0. The number of benzene rings is 2. The number of esters is 1. The molecule has 0 amide bonds. The summed E-state index contributed by atoms with van der Waals surface area (Å²) in [7, 11) is 0. The van der Waals surface area contributed by atoms with Gasteiger partial charge in [0, 0.05) is 0 Å². The van der Waals surface area contributed by atoms with Crippen LogP contribution in [0, 0.1) is 5.92 Å². The molecule has 0 saturated carbocycles. The van der Waals surface area contributed by atoms with Gasteiger partial charge in [-0.05, 0) is 42.8 Å². The summed E-state index contributed by atoms with van der Waals surface area (Å²) in [5.41, 5.74) is 1.55. The largest absolute Gasteiger partial charge is 0.490 e. The average molecular weight is 326 g/mol. The lowest BCUT2D eigenvalue weighted by Gasteiger charge is -2.10. The van der Waals surface area contributed by atoms with Crippen molar-refractivity contribution in [2.75, 3.05) is 13.2 Å². The highest BCUT2D eigenvalue weighted by molar-refractivity contribution is 5.71. The predicted octanol–water partition coefficient (Wildman–Crippen LogP) is 5.07. The van der Waals surface area contributed by atoms with Gasteiger partial charge >= 0.3 is 5.97 Å². The van der Waals surface area contributed by atoms with E-state index in [1.165, 1.54) is 0 Å². The van der Waals surface area contributed by atoms with Gasteiger partial charge in [-0.25, -0.2) is 0 Å². The number of nitrogens with zero attached hydrogens (tertiary/aromatic N) is 2. The molecular formula is C19H22N2O3. The zero-order valence-electron chi connectivity index (χ0n) is 14.0. The van der Waals surface area contributed by atoms with E-state index in [9.17, 15) is 4.79 Å². The van der Waals surface area contributed by atoms with Gasteiger partial charge in [0.25, 0.3) is 0 Å². The van der Waals surface area contributed by atoms with Gasteiger partial charge in [-0.15, -0.1) is 0 Å². The van der Waals surface area contributed by atoms with E-state index in [0.29, 0.717) is 12.4 Å². The first kappa shape index (κ1) is 17.7. The quantitative estimate of drug-likeness (QED) is 0.386. The third-order valence-electron chi connectivity index (χ3n) is 3.48. The van der Waals surface area contributed by atoms with Gasteiger partial charge in [-0.2, -0.15) is 10.2 Å². The Morgan fingerprint density at radius 2 is 1.58 bits per heavy atom. The third-order valence-corrected chi connectivity index (χ3v) is 3.48. The summed E-state index contributed by atoms with van der Waals surface area (Å²) < 4.78 is 10.7. The van der Waals surface area contributed by atoms with Crippen LogP contribution in [-0.4, -0.2) is 19.2 Å². The fourth-order valence-electron chi connectivity index (χ4n) is 1.83. The minimum absolute atomic E-state index is 0.0701. The van der Waals surface area contributed by atoms with Crippen molar-refractivity contribution in [3.8, 4) is 5.75 Å². The Hall–Kier alpha value is -2.69.